The van der Waals surface area contributed by atoms with Gasteiger partial charge in [-0.05, 0) is 0 Å². The van der Waals surface area contributed by atoms with E-state index in [9.17, 15) is 0 Å². The Labute approximate surface area is 69.6 Å². The van der Waals surface area contributed by atoms with Gasteiger partial charge < -0.3 is 5.32 Å². The Balaban J connectivity index is 2.39. The van der Waals surface area contributed by atoms with E-state index in [0.29, 0.717) is 0 Å². The van der Waals surface area contributed by atoms with Crippen molar-refractivity contribution < 1.29 is 0 Å². The molecule has 0 saturated carbocycles. The molecule has 5 heteroatoms. The normalized spacial score (nSPS) is 18.6. The highest BCUT2D eigenvalue weighted by Crippen LogP contribution is 2.15. The van der Waals surface area contributed by atoms with Crippen LogP contribution in [0.3, 0.4) is 0 Å². The second-order valence-electron chi connectivity index (χ2n) is 2.49. The van der Waals surface area contributed by atoms with Crippen molar-refractivity contribution in [3.8, 4) is 0 Å². The minimum atomic E-state index is 0.752. The molecule has 1 aliphatic heterocycles. The molecule has 0 bridgehead atoms. The summed E-state index contributed by atoms with van der Waals surface area (Å²) in [5.74, 6) is 1.71. The van der Waals surface area contributed by atoms with E-state index >= 15 is 0 Å². The van der Waals surface area contributed by atoms with Gasteiger partial charge in [-0.1, -0.05) is 0 Å². The number of H-pyrrole nitrogens is 1. The van der Waals surface area contributed by atoms with Crippen LogP contribution in [0.25, 0.3) is 0 Å². The van der Waals surface area contributed by atoms with Crippen LogP contribution < -0.4 is 5.32 Å². The summed E-state index contributed by atoms with van der Waals surface area (Å²) >= 11 is 0. The average molecular weight is 163 g/mol. The highest BCUT2D eigenvalue weighted by atomic mass is 15.2. The second kappa shape index (κ2) is 2.77. The zero-order valence-electron chi connectivity index (χ0n) is 6.70. The third-order valence-corrected chi connectivity index (χ3v) is 1.75. The van der Waals surface area contributed by atoms with E-state index in [-0.39, 0.29) is 0 Å². The zero-order valence-corrected chi connectivity index (χ0v) is 6.70. The monoisotopic (exact) mass is 163 g/mol. The standard InChI is InChI=1S/C7H9N5/c1-8-6-2-5-3-11-12-7(5)10-4-9-6/h3-4H,2H2,1H3,(H2,8,9,10,11,12). The number of amidine groups is 1. The van der Waals surface area contributed by atoms with E-state index in [1.54, 1.807) is 19.6 Å². The van der Waals surface area contributed by atoms with Gasteiger partial charge in [0.25, 0.3) is 0 Å². The summed E-state index contributed by atoms with van der Waals surface area (Å²) in [6, 6.07) is 0. The lowest BCUT2D eigenvalue weighted by Crippen LogP contribution is -2.22. The maximum Gasteiger partial charge on any atom is 0.153 e. The van der Waals surface area contributed by atoms with Gasteiger partial charge in [0, 0.05) is 19.0 Å². The van der Waals surface area contributed by atoms with Gasteiger partial charge in [0.15, 0.2) is 5.82 Å². The summed E-state index contributed by atoms with van der Waals surface area (Å²) in [5, 5.41) is 9.67. The van der Waals surface area contributed by atoms with E-state index in [4.69, 9.17) is 0 Å². The highest BCUT2D eigenvalue weighted by Gasteiger charge is 2.09. The molecule has 1 aliphatic rings. The van der Waals surface area contributed by atoms with Crippen molar-refractivity contribution in [3.63, 3.8) is 0 Å². The molecule has 0 unspecified atom stereocenters. The van der Waals surface area contributed by atoms with Crippen molar-refractivity contribution in [1.82, 2.24) is 15.5 Å². The van der Waals surface area contributed by atoms with Crippen molar-refractivity contribution >= 4 is 18.0 Å². The third-order valence-electron chi connectivity index (χ3n) is 1.75. The molecule has 0 aromatic carbocycles. The molecule has 0 aliphatic carbocycles. The molecule has 2 heterocycles. The molecule has 0 radical (unpaired) electrons. The SMILES string of the molecule is CN=C1Cc2cn[nH]c2N=CN1. The van der Waals surface area contributed by atoms with Gasteiger partial charge in [0.05, 0.1) is 12.5 Å². The van der Waals surface area contributed by atoms with Gasteiger partial charge in [0.1, 0.15) is 5.84 Å². The Kier molecular flexibility index (Phi) is 1.62. The van der Waals surface area contributed by atoms with Crippen LogP contribution >= 0.6 is 0 Å². The maximum absolute atomic E-state index is 4.11. The van der Waals surface area contributed by atoms with Crippen LogP contribution in [0.2, 0.25) is 0 Å². The van der Waals surface area contributed by atoms with Gasteiger partial charge in [-0.2, -0.15) is 5.10 Å². The Morgan fingerprint density at radius 2 is 2.50 bits per heavy atom. The van der Waals surface area contributed by atoms with E-state index in [1.165, 1.54) is 0 Å². The lowest BCUT2D eigenvalue weighted by Gasteiger charge is -1.98. The van der Waals surface area contributed by atoms with Crippen LogP contribution in [0.1, 0.15) is 5.56 Å². The molecule has 0 fully saturated rings. The van der Waals surface area contributed by atoms with Crippen molar-refractivity contribution in [2.45, 2.75) is 6.42 Å². The number of nitrogens with one attached hydrogen (secondary N) is 2. The maximum atomic E-state index is 4.11. The average Bonchev–Trinajstić information content (AvgIpc) is 2.43. The van der Waals surface area contributed by atoms with Crippen molar-refractivity contribution in [2.75, 3.05) is 7.05 Å². The van der Waals surface area contributed by atoms with Crippen molar-refractivity contribution in [2.24, 2.45) is 9.98 Å². The number of fused-ring (bicyclic) bond motifs is 1. The first-order valence-electron chi connectivity index (χ1n) is 3.67. The summed E-state index contributed by atoms with van der Waals surface area (Å²) < 4.78 is 0. The Morgan fingerprint density at radius 3 is 3.33 bits per heavy atom. The van der Waals surface area contributed by atoms with E-state index in [2.05, 4.69) is 25.5 Å². The molecular weight excluding hydrogens is 154 g/mol. The lowest BCUT2D eigenvalue weighted by atomic mass is 10.2. The van der Waals surface area contributed by atoms with Gasteiger partial charge in [0.2, 0.25) is 0 Å². The molecule has 2 N–H and O–H groups in total. The first-order valence-corrected chi connectivity index (χ1v) is 3.67. The molecule has 5 nitrogen and oxygen atoms in total. The van der Waals surface area contributed by atoms with Crippen LogP contribution in [-0.4, -0.2) is 29.4 Å². The molecule has 0 amide bonds. The molecule has 1 aromatic rings. The number of aromatic nitrogens is 2. The molecule has 62 valence electrons. The third kappa shape index (κ3) is 1.09. The smallest absolute Gasteiger partial charge is 0.153 e. The number of rotatable bonds is 0. The van der Waals surface area contributed by atoms with Crippen molar-refractivity contribution in [1.29, 1.82) is 0 Å². The molecule has 0 saturated heterocycles. The largest absolute Gasteiger partial charge is 0.335 e. The van der Waals surface area contributed by atoms with Crippen LogP contribution in [0.15, 0.2) is 16.2 Å². The predicted octanol–water partition coefficient (Wildman–Crippen LogP) is 0.243. The summed E-state index contributed by atoms with van der Waals surface area (Å²) in [7, 11) is 1.75. The Bertz CT molecular complexity index is 335. The van der Waals surface area contributed by atoms with E-state index in [0.717, 1.165) is 23.6 Å². The van der Waals surface area contributed by atoms with Gasteiger partial charge in [-0.15, -0.1) is 0 Å². The van der Waals surface area contributed by atoms with Crippen LogP contribution in [0.4, 0.5) is 5.82 Å². The Morgan fingerprint density at radius 1 is 1.58 bits per heavy atom. The fourth-order valence-electron chi connectivity index (χ4n) is 1.09. The summed E-state index contributed by atoms with van der Waals surface area (Å²) in [6.07, 6.45) is 4.14. The Hall–Kier alpha value is -1.65. The quantitative estimate of drug-likeness (QED) is 0.575. The molecule has 12 heavy (non-hydrogen) atoms. The topological polar surface area (TPSA) is 65.4 Å². The minimum Gasteiger partial charge on any atom is -0.335 e. The molecule has 0 spiro atoms. The zero-order chi connectivity index (χ0) is 8.39. The highest BCUT2D eigenvalue weighted by molar-refractivity contribution is 5.95. The first-order chi connectivity index (χ1) is 5.90. The number of nitrogens with zero attached hydrogens (tertiary/aromatic N) is 3. The fourth-order valence-corrected chi connectivity index (χ4v) is 1.09. The lowest BCUT2D eigenvalue weighted by molar-refractivity contribution is 1.08. The first kappa shape index (κ1) is 7.02. The fraction of sp³-hybridized carbons (Fsp3) is 0.286. The number of aromatic amines is 1. The van der Waals surface area contributed by atoms with Gasteiger partial charge in [-0.3, -0.25) is 10.1 Å². The summed E-state index contributed by atoms with van der Waals surface area (Å²) in [5.41, 5.74) is 1.07. The van der Waals surface area contributed by atoms with Crippen LogP contribution in [0, 0.1) is 0 Å². The number of aliphatic imine (C=N–C) groups is 2. The van der Waals surface area contributed by atoms with Crippen LogP contribution in [-0.2, 0) is 6.42 Å². The summed E-state index contributed by atoms with van der Waals surface area (Å²) in [6.45, 7) is 0. The summed E-state index contributed by atoms with van der Waals surface area (Å²) in [4.78, 5) is 8.17. The van der Waals surface area contributed by atoms with Crippen molar-refractivity contribution in [3.05, 3.63) is 11.8 Å². The molecule has 1 aromatic heterocycles. The minimum absolute atomic E-state index is 0.752. The molecule has 2 rings (SSSR count). The predicted molar refractivity (Wildman–Crippen MR) is 46.9 cm³/mol. The number of hydrogen-bond acceptors (Lipinski definition) is 3. The van der Waals surface area contributed by atoms with E-state index in [1.807, 2.05) is 0 Å². The van der Waals surface area contributed by atoms with Crippen LogP contribution in [0.5, 0.6) is 0 Å². The van der Waals surface area contributed by atoms with E-state index < -0.39 is 0 Å². The van der Waals surface area contributed by atoms with Gasteiger partial charge in [-0.25, -0.2) is 4.99 Å². The van der Waals surface area contributed by atoms with Gasteiger partial charge >= 0.3 is 0 Å². The second-order valence-corrected chi connectivity index (χ2v) is 2.49. The number of hydrogen-bond donors (Lipinski definition) is 2. The molecular formula is C7H9N5. The molecule has 0 atom stereocenters.